The lowest BCUT2D eigenvalue weighted by atomic mass is 10.0. The van der Waals surface area contributed by atoms with Gasteiger partial charge in [-0.05, 0) is 31.5 Å². The van der Waals surface area contributed by atoms with Crippen LogP contribution in [0.2, 0.25) is 0 Å². The number of piperazine rings is 1. The highest BCUT2D eigenvalue weighted by atomic mass is 32.1. The predicted octanol–water partition coefficient (Wildman–Crippen LogP) is 2.70. The molecule has 1 aromatic heterocycles. The molecule has 1 fully saturated rings. The molecule has 1 aromatic carbocycles. The minimum Gasteiger partial charge on any atom is -0.334 e. The molecule has 0 unspecified atom stereocenters. The topological polar surface area (TPSA) is 45.2 Å². The van der Waals surface area contributed by atoms with Gasteiger partial charge in [0.2, 0.25) is 0 Å². The lowest BCUT2D eigenvalue weighted by Crippen LogP contribution is -2.58. The first-order chi connectivity index (χ1) is 10.9. The van der Waals surface area contributed by atoms with Crippen LogP contribution in [0.25, 0.3) is 0 Å². The molecule has 1 saturated heterocycles. The Balaban J connectivity index is 1.70. The molecule has 0 bridgehead atoms. The van der Waals surface area contributed by atoms with Crippen LogP contribution in [0.1, 0.15) is 34.9 Å². The Morgan fingerprint density at radius 3 is 3.04 bits per heavy atom. The van der Waals surface area contributed by atoms with Gasteiger partial charge in [0.15, 0.2) is 0 Å². The van der Waals surface area contributed by atoms with E-state index in [9.17, 15) is 9.18 Å². The van der Waals surface area contributed by atoms with Crippen LogP contribution in [0, 0.1) is 5.82 Å². The van der Waals surface area contributed by atoms with Crippen molar-refractivity contribution in [3.63, 3.8) is 0 Å². The first kappa shape index (κ1) is 16.1. The molecule has 1 amide bonds. The number of benzene rings is 1. The SMILES string of the molecule is CC1(C)CN(C(=O)c2csc(Cc3cccc(F)c3)n2)CCN1. The van der Waals surface area contributed by atoms with Crippen molar-refractivity contribution < 1.29 is 9.18 Å². The number of thiazole rings is 1. The van der Waals surface area contributed by atoms with Crippen LogP contribution in [0.5, 0.6) is 0 Å². The quantitative estimate of drug-likeness (QED) is 0.939. The van der Waals surface area contributed by atoms with Gasteiger partial charge in [-0.1, -0.05) is 12.1 Å². The number of nitrogens with one attached hydrogen (secondary N) is 1. The third-order valence-electron chi connectivity index (χ3n) is 3.87. The van der Waals surface area contributed by atoms with Gasteiger partial charge in [-0.2, -0.15) is 0 Å². The number of carbonyl (C=O) groups excluding carboxylic acids is 1. The molecule has 1 N–H and O–H groups in total. The second kappa shape index (κ2) is 6.37. The van der Waals surface area contributed by atoms with E-state index in [4.69, 9.17) is 0 Å². The molecule has 4 nitrogen and oxygen atoms in total. The summed E-state index contributed by atoms with van der Waals surface area (Å²) < 4.78 is 13.2. The molecule has 23 heavy (non-hydrogen) atoms. The van der Waals surface area contributed by atoms with Crippen molar-refractivity contribution in [3.8, 4) is 0 Å². The number of aromatic nitrogens is 1. The Morgan fingerprint density at radius 1 is 1.48 bits per heavy atom. The summed E-state index contributed by atoms with van der Waals surface area (Å²) in [5.74, 6) is -0.278. The number of hydrogen-bond acceptors (Lipinski definition) is 4. The molecule has 0 spiro atoms. The van der Waals surface area contributed by atoms with Gasteiger partial charge in [0.05, 0.1) is 5.01 Å². The minimum atomic E-state index is -0.251. The summed E-state index contributed by atoms with van der Waals surface area (Å²) in [6.07, 6.45) is 0.544. The fourth-order valence-corrected chi connectivity index (χ4v) is 3.59. The fourth-order valence-electron chi connectivity index (χ4n) is 2.79. The number of halogens is 1. The van der Waals surface area contributed by atoms with Gasteiger partial charge < -0.3 is 10.2 Å². The smallest absolute Gasteiger partial charge is 0.273 e. The average Bonchev–Trinajstić information content (AvgIpc) is 2.94. The van der Waals surface area contributed by atoms with Gasteiger partial charge in [-0.15, -0.1) is 11.3 Å². The van der Waals surface area contributed by atoms with Crippen molar-refractivity contribution in [2.75, 3.05) is 19.6 Å². The van der Waals surface area contributed by atoms with Gasteiger partial charge in [-0.25, -0.2) is 9.37 Å². The van der Waals surface area contributed by atoms with Crippen molar-refractivity contribution in [1.82, 2.24) is 15.2 Å². The summed E-state index contributed by atoms with van der Waals surface area (Å²) in [4.78, 5) is 18.9. The molecule has 2 heterocycles. The van der Waals surface area contributed by atoms with Crippen LogP contribution in [0.15, 0.2) is 29.6 Å². The molecule has 1 aliphatic heterocycles. The molecular formula is C17H20FN3OS. The molecule has 0 aliphatic carbocycles. The second-order valence-electron chi connectivity index (χ2n) is 6.47. The highest BCUT2D eigenvalue weighted by Crippen LogP contribution is 2.18. The van der Waals surface area contributed by atoms with Crippen molar-refractivity contribution in [2.45, 2.75) is 25.8 Å². The summed E-state index contributed by atoms with van der Waals surface area (Å²) in [6, 6.07) is 6.48. The monoisotopic (exact) mass is 333 g/mol. The Kier molecular flexibility index (Phi) is 4.46. The summed E-state index contributed by atoms with van der Waals surface area (Å²) in [6.45, 7) is 6.33. The maximum atomic E-state index is 13.2. The number of hydrogen-bond donors (Lipinski definition) is 1. The average molecular weight is 333 g/mol. The predicted molar refractivity (Wildman–Crippen MR) is 89.3 cm³/mol. The summed E-state index contributed by atoms with van der Waals surface area (Å²) >= 11 is 1.45. The van der Waals surface area contributed by atoms with Crippen LogP contribution < -0.4 is 5.32 Å². The zero-order chi connectivity index (χ0) is 16.4. The van der Waals surface area contributed by atoms with Crippen LogP contribution in [-0.2, 0) is 6.42 Å². The Hall–Kier alpha value is -1.79. The molecule has 0 atom stereocenters. The zero-order valence-electron chi connectivity index (χ0n) is 13.3. The van der Waals surface area contributed by atoms with Crippen molar-refractivity contribution >= 4 is 17.2 Å². The van der Waals surface area contributed by atoms with Gasteiger partial charge in [0, 0.05) is 37.0 Å². The molecule has 0 radical (unpaired) electrons. The fraction of sp³-hybridized carbons (Fsp3) is 0.412. The van der Waals surface area contributed by atoms with Crippen LogP contribution >= 0.6 is 11.3 Å². The number of nitrogens with zero attached hydrogens (tertiary/aromatic N) is 2. The number of amides is 1. The molecule has 122 valence electrons. The minimum absolute atomic E-state index is 0.0266. The Bertz CT molecular complexity index is 713. The largest absolute Gasteiger partial charge is 0.334 e. The lowest BCUT2D eigenvalue weighted by molar-refractivity contribution is 0.0647. The first-order valence-corrected chi connectivity index (χ1v) is 8.54. The molecule has 2 aromatic rings. The number of rotatable bonds is 3. The normalized spacial score (nSPS) is 17.3. The third-order valence-corrected chi connectivity index (χ3v) is 4.72. The highest BCUT2D eigenvalue weighted by Gasteiger charge is 2.30. The van der Waals surface area contributed by atoms with E-state index in [0.717, 1.165) is 17.1 Å². The van der Waals surface area contributed by atoms with E-state index < -0.39 is 0 Å². The summed E-state index contributed by atoms with van der Waals surface area (Å²) in [7, 11) is 0. The van der Waals surface area contributed by atoms with E-state index in [-0.39, 0.29) is 17.3 Å². The van der Waals surface area contributed by atoms with E-state index in [1.165, 1.54) is 23.5 Å². The van der Waals surface area contributed by atoms with Crippen molar-refractivity contribution in [3.05, 3.63) is 51.7 Å². The van der Waals surface area contributed by atoms with Crippen LogP contribution in [-0.4, -0.2) is 41.0 Å². The van der Waals surface area contributed by atoms with E-state index in [1.54, 1.807) is 11.4 Å². The summed E-state index contributed by atoms with van der Waals surface area (Å²) in [5, 5.41) is 6.02. The molecular weight excluding hydrogens is 313 g/mol. The van der Waals surface area contributed by atoms with Crippen LogP contribution in [0.4, 0.5) is 4.39 Å². The third kappa shape index (κ3) is 3.95. The molecule has 0 saturated carbocycles. The van der Waals surface area contributed by atoms with Gasteiger partial charge in [-0.3, -0.25) is 4.79 Å². The summed E-state index contributed by atoms with van der Waals surface area (Å²) in [5.41, 5.74) is 1.27. The molecule has 6 heteroatoms. The maximum Gasteiger partial charge on any atom is 0.273 e. The molecule has 1 aliphatic rings. The standard InChI is InChI=1S/C17H20FN3OS/c1-17(2)11-21(7-6-19-17)16(22)14-10-23-15(20-14)9-12-4-3-5-13(18)8-12/h3-5,8,10,19H,6-7,9,11H2,1-2H3. The van der Waals surface area contributed by atoms with Gasteiger partial charge in [0.25, 0.3) is 5.91 Å². The molecule has 3 rings (SSSR count). The van der Waals surface area contributed by atoms with Gasteiger partial charge in [0.1, 0.15) is 11.5 Å². The second-order valence-corrected chi connectivity index (χ2v) is 7.41. The Labute approximate surface area is 139 Å². The number of carbonyl (C=O) groups is 1. The van der Waals surface area contributed by atoms with Crippen molar-refractivity contribution in [2.24, 2.45) is 0 Å². The Morgan fingerprint density at radius 2 is 2.30 bits per heavy atom. The zero-order valence-corrected chi connectivity index (χ0v) is 14.1. The van der Waals surface area contributed by atoms with E-state index in [1.807, 2.05) is 11.0 Å². The van der Waals surface area contributed by atoms with Crippen molar-refractivity contribution in [1.29, 1.82) is 0 Å². The van der Waals surface area contributed by atoms with Crippen LogP contribution in [0.3, 0.4) is 0 Å². The maximum absolute atomic E-state index is 13.2. The van der Waals surface area contributed by atoms with E-state index >= 15 is 0 Å². The van der Waals surface area contributed by atoms with E-state index in [0.29, 0.717) is 25.2 Å². The lowest BCUT2D eigenvalue weighted by Gasteiger charge is -2.38. The van der Waals surface area contributed by atoms with Gasteiger partial charge >= 0.3 is 0 Å². The highest BCUT2D eigenvalue weighted by molar-refractivity contribution is 7.09. The van der Waals surface area contributed by atoms with E-state index in [2.05, 4.69) is 24.1 Å². The first-order valence-electron chi connectivity index (χ1n) is 7.66.